The van der Waals surface area contributed by atoms with Gasteiger partial charge in [0.1, 0.15) is 6.33 Å². The predicted octanol–water partition coefficient (Wildman–Crippen LogP) is -0.675. The fraction of sp³-hybridized carbons (Fsp3) is 0.600. The van der Waals surface area contributed by atoms with Crippen LogP contribution < -0.4 is 11.1 Å². The van der Waals surface area contributed by atoms with Crippen molar-refractivity contribution in [1.82, 2.24) is 25.4 Å². The van der Waals surface area contributed by atoms with E-state index in [4.69, 9.17) is 5.73 Å². The lowest BCUT2D eigenvalue weighted by Gasteiger charge is -2.32. The van der Waals surface area contributed by atoms with E-state index in [9.17, 15) is 9.59 Å². The van der Waals surface area contributed by atoms with Gasteiger partial charge in [-0.3, -0.25) is 9.89 Å². The number of amides is 3. The molecule has 8 nitrogen and oxygen atoms in total. The Hall–Kier alpha value is -2.12. The van der Waals surface area contributed by atoms with Crippen molar-refractivity contribution in [3.8, 4) is 0 Å². The van der Waals surface area contributed by atoms with Crippen molar-refractivity contribution in [3.63, 3.8) is 0 Å². The number of primary amides is 1. The fourth-order valence-electron chi connectivity index (χ4n) is 2.12. The number of hydrogen-bond acceptors (Lipinski definition) is 4. The molecule has 18 heavy (non-hydrogen) atoms. The molecule has 1 saturated heterocycles. The van der Waals surface area contributed by atoms with Gasteiger partial charge in [-0.05, 0) is 18.8 Å². The summed E-state index contributed by atoms with van der Waals surface area (Å²) in [6.45, 7) is 1.79. The molecular weight excluding hydrogens is 236 g/mol. The molecule has 1 fully saturated rings. The molecule has 0 aliphatic carbocycles. The van der Waals surface area contributed by atoms with Crippen LogP contribution in [0.1, 0.15) is 23.5 Å². The number of piperidine rings is 1. The van der Waals surface area contributed by atoms with Crippen molar-refractivity contribution in [2.45, 2.75) is 12.8 Å². The van der Waals surface area contributed by atoms with Crippen LogP contribution in [0.25, 0.3) is 0 Å². The number of urea groups is 1. The van der Waals surface area contributed by atoms with Crippen molar-refractivity contribution in [1.29, 1.82) is 0 Å². The minimum absolute atomic E-state index is 0.156. The predicted molar refractivity (Wildman–Crippen MR) is 62.6 cm³/mol. The lowest BCUT2D eigenvalue weighted by atomic mass is 9.98. The van der Waals surface area contributed by atoms with Crippen molar-refractivity contribution in [2.75, 3.05) is 19.6 Å². The van der Waals surface area contributed by atoms with E-state index in [-0.39, 0.29) is 17.6 Å². The Morgan fingerprint density at radius 1 is 1.61 bits per heavy atom. The van der Waals surface area contributed by atoms with Gasteiger partial charge < -0.3 is 16.0 Å². The van der Waals surface area contributed by atoms with Crippen LogP contribution in [0.3, 0.4) is 0 Å². The maximum absolute atomic E-state index is 12.0. The van der Waals surface area contributed by atoms with Crippen LogP contribution in [0.2, 0.25) is 0 Å². The number of carbonyl (C=O) groups excluding carboxylic acids is 2. The summed E-state index contributed by atoms with van der Waals surface area (Å²) >= 11 is 0. The Bertz CT molecular complexity index is 418. The van der Waals surface area contributed by atoms with Crippen molar-refractivity contribution < 1.29 is 9.59 Å². The number of nitrogens with two attached hydrogens (primary N) is 1. The Kier molecular flexibility index (Phi) is 3.75. The Morgan fingerprint density at radius 3 is 3.11 bits per heavy atom. The highest BCUT2D eigenvalue weighted by Crippen LogP contribution is 2.16. The minimum Gasteiger partial charge on any atom is -0.352 e. The molecule has 1 aromatic heterocycles. The fourth-order valence-corrected chi connectivity index (χ4v) is 2.12. The molecule has 0 bridgehead atoms. The third-order valence-electron chi connectivity index (χ3n) is 2.99. The van der Waals surface area contributed by atoms with E-state index in [1.807, 2.05) is 0 Å². The Labute approximate surface area is 104 Å². The minimum atomic E-state index is -0.534. The molecule has 1 unspecified atom stereocenters. The standard InChI is InChI=1S/C10H16N6O2/c11-10(18)12-4-7-2-1-3-16(5-7)9(17)8-13-6-14-15-8/h6-7H,1-5H2,(H3,11,12,18)(H,13,14,15). The maximum Gasteiger partial charge on any atom is 0.312 e. The summed E-state index contributed by atoms with van der Waals surface area (Å²) in [7, 11) is 0. The van der Waals surface area contributed by atoms with Crippen LogP contribution in [0.4, 0.5) is 4.79 Å². The first-order chi connectivity index (χ1) is 8.66. The highest BCUT2D eigenvalue weighted by molar-refractivity contribution is 5.90. The molecule has 8 heteroatoms. The summed E-state index contributed by atoms with van der Waals surface area (Å²) in [5.74, 6) is 0.327. The zero-order valence-electron chi connectivity index (χ0n) is 9.93. The van der Waals surface area contributed by atoms with Gasteiger partial charge in [0.15, 0.2) is 0 Å². The van der Waals surface area contributed by atoms with Gasteiger partial charge in [-0.2, -0.15) is 5.10 Å². The molecular formula is C10H16N6O2. The lowest BCUT2D eigenvalue weighted by molar-refractivity contribution is 0.0663. The first-order valence-electron chi connectivity index (χ1n) is 5.84. The van der Waals surface area contributed by atoms with Gasteiger partial charge in [0.2, 0.25) is 5.82 Å². The Balaban J connectivity index is 1.90. The first-order valence-corrected chi connectivity index (χ1v) is 5.84. The van der Waals surface area contributed by atoms with Gasteiger partial charge in [0.25, 0.3) is 5.91 Å². The number of aromatic nitrogens is 3. The van der Waals surface area contributed by atoms with Gasteiger partial charge in [0, 0.05) is 19.6 Å². The van der Waals surface area contributed by atoms with E-state index in [1.54, 1.807) is 4.90 Å². The molecule has 0 spiro atoms. The van der Waals surface area contributed by atoms with Crippen LogP contribution in [0, 0.1) is 5.92 Å². The average molecular weight is 252 g/mol. The molecule has 4 N–H and O–H groups in total. The zero-order valence-corrected chi connectivity index (χ0v) is 9.93. The molecule has 0 radical (unpaired) electrons. The summed E-state index contributed by atoms with van der Waals surface area (Å²) in [6.07, 6.45) is 3.19. The van der Waals surface area contributed by atoms with E-state index in [2.05, 4.69) is 20.5 Å². The quantitative estimate of drug-likeness (QED) is 0.661. The number of aromatic amines is 1. The van der Waals surface area contributed by atoms with Gasteiger partial charge in [0.05, 0.1) is 0 Å². The summed E-state index contributed by atoms with van der Waals surface area (Å²) in [6, 6.07) is -0.534. The third kappa shape index (κ3) is 2.96. The van der Waals surface area contributed by atoms with Crippen LogP contribution in [0.15, 0.2) is 6.33 Å². The number of carbonyl (C=O) groups is 2. The molecule has 2 heterocycles. The van der Waals surface area contributed by atoms with Crippen LogP contribution in [0.5, 0.6) is 0 Å². The molecule has 1 aliphatic rings. The van der Waals surface area contributed by atoms with Crippen LogP contribution in [-0.4, -0.2) is 51.7 Å². The van der Waals surface area contributed by atoms with Gasteiger partial charge in [-0.25, -0.2) is 9.78 Å². The number of nitrogens with one attached hydrogen (secondary N) is 2. The molecule has 98 valence electrons. The molecule has 1 aromatic rings. The molecule has 1 aliphatic heterocycles. The topological polar surface area (TPSA) is 117 Å². The van der Waals surface area contributed by atoms with Crippen molar-refractivity contribution in [3.05, 3.63) is 12.2 Å². The second-order valence-corrected chi connectivity index (χ2v) is 4.34. The number of rotatable bonds is 3. The largest absolute Gasteiger partial charge is 0.352 e. The molecule has 3 amide bonds. The normalized spacial score (nSPS) is 19.6. The summed E-state index contributed by atoms with van der Waals surface area (Å²) < 4.78 is 0. The molecule has 2 rings (SSSR count). The monoisotopic (exact) mass is 252 g/mol. The summed E-state index contributed by atoms with van der Waals surface area (Å²) in [5.41, 5.74) is 5.03. The highest BCUT2D eigenvalue weighted by atomic mass is 16.2. The summed E-state index contributed by atoms with van der Waals surface area (Å²) in [5, 5.41) is 8.79. The van der Waals surface area contributed by atoms with Crippen molar-refractivity contribution in [2.24, 2.45) is 11.7 Å². The average Bonchev–Trinajstić information content (AvgIpc) is 2.89. The number of likely N-dealkylation sites (tertiary alicyclic amines) is 1. The SMILES string of the molecule is NC(=O)NCC1CCCN(C(=O)c2ncn[nH]2)C1. The molecule has 0 saturated carbocycles. The van der Waals surface area contributed by atoms with Crippen LogP contribution >= 0.6 is 0 Å². The Morgan fingerprint density at radius 2 is 2.44 bits per heavy atom. The van der Waals surface area contributed by atoms with E-state index >= 15 is 0 Å². The first kappa shape index (κ1) is 12.3. The molecule has 1 atom stereocenters. The smallest absolute Gasteiger partial charge is 0.312 e. The third-order valence-corrected chi connectivity index (χ3v) is 2.99. The second-order valence-electron chi connectivity index (χ2n) is 4.34. The maximum atomic E-state index is 12.0. The lowest BCUT2D eigenvalue weighted by Crippen LogP contribution is -2.44. The van der Waals surface area contributed by atoms with E-state index in [1.165, 1.54) is 6.33 Å². The van der Waals surface area contributed by atoms with Gasteiger partial charge in [-0.15, -0.1) is 0 Å². The highest BCUT2D eigenvalue weighted by Gasteiger charge is 2.25. The van der Waals surface area contributed by atoms with E-state index < -0.39 is 6.03 Å². The van der Waals surface area contributed by atoms with Crippen molar-refractivity contribution >= 4 is 11.9 Å². The van der Waals surface area contributed by atoms with Gasteiger partial charge in [-0.1, -0.05) is 0 Å². The second kappa shape index (κ2) is 5.48. The summed E-state index contributed by atoms with van der Waals surface area (Å²) in [4.78, 5) is 28.2. The zero-order chi connectivity index (χ0) is 13.0. The van der Waals surface area contributed by atoms with Crippen LogP contribution in [-0.2, 0) is 0 Å². The van der Waals surface area contributed by atoms with E-state index in [0.717, 1.165) is 12.8 Å². The van der Waals surface area contributed by atoms with Gasteiger partial charge >= 0.3 is 6.03 Å². The number of nitrogens with zero attached hydrogens (tertiary/aromatic N) is 3. The number of H-pyrrole nitrogens is 1. The van der Waals surface area contributed by atoms with E-state index in [0.29, 0.717) is 19.6 Å². The molecule has 0 aromatic carbocycles. The number of hydrogen-bond donors (Lipinski definition) is 3.